The Labute approximate surface area is 327 Å². The van der Waals surface area contributed by atoms with Crippen molar-refractivity contribution in [3.63, 3.8) is 0 Å². The Bertz CT molecular complexity index is 2230. The minimum absolute atomic E-state index is 0.0408. The molecule has 0 aliphatic heterocycles. The molecular formula is C42H41FN4O8S. The van der Waals surface area contributed by atoms with Gasteiger partial charge in [-0.25, -0.2) is 19.0 Å². The highest BCUT2D eigenvalue weighted by molar-refractivity contribution is 7.17. The molecule has 0 fully saturated rings. The summed E-state index contributed by atoms with van der Waals surface area (Å²) in [5.74, 6) is -1.84. The first-order valence-corrected chi connectivity index (χ1v) is 18.8. The zero-order chi connectivity index (χ0) is 39.8. The van der Waals surface area contributed by atoms with Crippen LogP contribution in [-0.4, -0.2) is 81.7 Å². The number of ether oxygens (including phenoxy) is 4. The SMILES string of the molecule is COc1cc(C(=O)NCC(=O)N(C)/N=C/c2csc3c(F)cccc23)ccc1OCCOC(=O)[C@@H](NC(=O)OCC1c2ccccc2-c2ccccc21)C(C)C. The normalized spacial score (nSPS) is 12.5. The van der Waals surface area contributed by atoms with Gasteiger partial charge in [-0.15, -0.1) is 11.3 Å². The molecule has 3 amide bonds. The number of nitrogens with one attached hydrogen (secondary N) is 2. The van der Waals surface area contributed by atoms with Gasteiger partial charge in [0.25, 0.3) is 11.8 Å². The van der Waals surface area contributed by atoms with Gasteiger partial charge in [0.05, 0.1) is 24.6 Å². The van der Waals surface area contributed by atoms with Gasteiger partial charge in [0.2, 0.25) is 0 Å². The smallest absolute Gasteiger partial charge is 0.407 e. The van der Waals surface area contributed by atoms with Crippen molar-refractivity contribution in [3.8, 4) is 22.6 Å². The van der Waals surface area contributed by atoms with Crippen LogP contribution in [0.4, 0.5) is 9.18 Å². The molecule has 0 saturated carbocycles. The molecule has 14 heteroatoms. The Kier molecular flexibility index (Phi) is 12.6. The van der Waals surface area contributed by atoms with E-state index in [1.165, 1.54) is 56.0 Å². The van der Waals surface area contributed by atoms with Crippen LogP contribution in [0.5, 0.6) is 11.5 Å². The molecule has 5 aromatic rings. The van der Waals surface area contributed by atoms with E-state index in [2.05, 4.69) is 27.9 Å². The molecule has 56 heavy (non-hydrogen) atoms. The first-order chi connectivity index (χ1) is 27.0. The average molecular weight is 781 g/mol. The number of thiophene rings is 1. The second kappa shape index (κ2) is 17.9. The Morgan fingerprint density at radius 3 is 2.32 bits per heavy atom. The van der Waals surface area contributed by atoms with E-state index in [1.54, 1.807) is 31.4 Å². The lowest BCUT2D eigenvalue weighted by atomic mass is 9.98. The Hall–Kier alpha value is -6.28. The lowest BCUT2D eigenvalue weighted by molar-refractivity contribution is -0.148. The van der Waals surface area contributed by atoms with Gasteiger partial charge in [-0.2, -0.15) is 5.10 Å². The standard InChI is InChI=1S/C42H41FN4O8S/c1-25(2)38(46-42(51)55-23-33-31-12-7-5-10-29(31)30-11-6-8-13-32(30)33)41(50)54-19-18-53-35-17-16-26(20-36(35)52-4)40(49)44-22-37(48)47(3)45-21-27-24-56-39-28(27)14-9-15-34(39)43/h5-17,20-21,24-25,33,38H,18-19,22-23H2,1-4H3,(H,44,49)(H,46,51)/b45-21+/t38-/m0/s1. The molecule has 1 atom stereocenters. The van der Waals surface area contributed by atoms with Gasteiger partial charge in [0, 0.05) is 34.9 Å². The third-order valence-electron chi connectivity index (χ3n) is 9.26. The molecule has 0 spiro atoms. The molecule has 1 aliphatic carbocycles. The maximum atomic E-state index is 14.0. The van der Waals surface area contributed by atoms with Crippen molar-refractivity contribution in [3.05, 3.63) is 118 Å². The number of hydrogen-bond donors (Lipinski definition) is 2. The topological polar surface area (TPSA) is 145 Å². The predicted molar refractivity (Wildman–Crippen MR) is 211 cm³/mol. The minimum Gasteiger partial charge on any atom is -0.493 e. The number of hydrazone groups is 1. The van der Waals surface area contributed by atoms with E-state index in [9.17, 15) is 23.6 Å². The number of rotatable bonds is 15. The fraction of sp³-hybridized carbons (Fsp3) is 0.262. The summed E-state index contributed by atoms with van der Waals surface area (Å²) in [6.45, 7) is 3.19. The number of likely N-dealkylation sites (N-methyl/N-ethyl adjacent to an activating group) is 1. The quantitative estimate of drug-likeness (QED) is 0.0514. The summed E-state index contributed by atoms with van der Waals surface area (Å²) >= 11 is 1.25. The van der Waals surface area contributed by atoms with Crippen LogP contribution in [0, 0.1) is 11.7 Å². The predicted octanol–water partition coefficient (Wildman–Crippen LogP) is 6.76. The Morgan fingerprint density at radius 1 is 0.911 bits per heavy atom. The summed E-state index contributed by atoms with van der Waals surface area (Å²) in [7, 11) is 2.87. The summed E-state index contributed by atoms with van der Waals surface area (Å²) in [4.78, 5) is 51.4. The molecule has 290 valence electrons. The lowest BCUT2D eigenvalue weighted by Gasteiger charge is -2.21. The van der Waals surface area contributed by atoms with Crippen molar-refractivity contribution < 1.29 is 42.5 Å². The van der Waals surface area contributed by atoms with E-state index in [-0.39, 0.29) is 55.3 Å². The van der Waals surface area contributed by atoms with E-state index in [4.69, 9.17) is 18.9 Å². The van der Waals surface area contributed by atoms with Crippen molar-refractivity contribution >= 4 is 51.5 Å². The maximum absolute atomic E-state index is 14.0. The first-order valence-electron chi connectivity index (χ1n) is 17.9. The molecule has 1 aliphatic rings. The van der Waals surface area contributed by atoms with Gasteiger partial charge in [0.15, 0.2) is 11.5 Å². The number of halogens is 1. The fourth-order valence-electron chi connectivity index (χ4n) is 6.30. The van der Waals surface area contributed by atoms with Crippen molar-refractivity contribution in [1.82, 2.24) is 15.6 Å². The summed E-state index contributed by atoms with van der Waals surface area (Å²) in [6, 6.07) is 24.3. The highest BCUT2D eigenvalue weighted by Crippen LogP contribution is 2.44. The molecule has 0 radical (unpaired) electrons. The zero-order valence-corrected chi connectivity index (χ0v) is 32.1. The highest BCUT2D eigenvalue weighted by atomic mass is 32.1. The van der Waals surface area contributed by atoms with Crippen molar-refractivity contribution in [2.24, 2.45) is 11.0 Å². The van der Waals surface area contributed by atoms with Crippen LogP contribution >= 0.6 is 11.3 Å². The molecule has 1 heterocycles. The van der Waals surface area contributed by atoms with Crippen LogP contribution in [0.2, 0.25) is 0 Å². The number of esters is 1. The molecule has 0 saturated heterocycles. The largest absolute Gasteiger partial charge is 0.493 e. The molecule has 0 bridgehead atoms. The second-order valence-electron chi connectivity index (χ2n) is 13.2. The van der Waals surface area contributed by atoms with E-state index in [0.717, 1.165) is 27.3 Å². The summed E-state index contributed by atoms with van der Waals surface area (Å²) in [6.07, 6.45) is 0.745. The van der Waals surface area contributed by atoms with E-state index in [1.807, 2.05) is 36.4 Å². The second-order valence-corrected chi connectivity index (χ2v) is 14.1. The molecule has 4 aromatic carbocycles. The molecule has 12 nitrogen and oxygen atoms in total. The molecule has 1 aromatic heterocycles. The van der Waals surface area contributed by atoms with Gasteiger partial charge in [-0.1, -0.05) is 74.5 Å². The van der Waals surface area contributed by atoms with Crippen LogP contribution in [-0.2, 0) is 19.1 Å². The van der Waals surface area contributed by atoms with E-state index < -0.39 is 29.9 Å². The van der Waals surface area contributed by atoms with Crippen LogP contribution in [0.1, 0.15) is 46.8 Å². The fourth-order valence-corrected chi connectivity index (χ4v) is 7.23. The number of amides is 3. The number of benzene rings is 4. The van der Waals surface area contributed by atoms with E-state index >= 15 is 0 Å². The van der Waals surface area contributed by atoms with Crippen LogP contribution in [0.3, 0.4) is 0 Å². The number of methoxy groups -OCH3 is 1. The number of carbonyl (C=O) groups excluding carboxylic acids is 4. The molecule has 0 unspecified atom stereocenters. The maximum Gasteiger partial charge on any atom is 0.407 e. The van der Waals surface area contributed by atoms with Gasteiger partial charge < -0.3 is 29.6 Å². The zero-order valence-electron chi connectivity index (χ0n) is 31.2. The van der Waals surface area contributed by atoms with Crippen molar-refractivity contribution in [2.45, 2.75) is 25.8 Å². The summed E-state index contributed by atoms with van der Waals surface area (Å²) in [5, 5.41) is 12.9. The van der Waals surface area contributed by atoms with Gasteiger partial charge in [-0.05, 0) is 52.4 Å². The first kappa shape index (κ1) is 39.4. The summed E-state index contributed by atoms with van der Waals surface area (Å²) < 4.78 is 36.7. The van der Waals surface area contributed by atoms with Crippen molar-refractivity contribution in [2.75, 3.05) is 40.5 Å². The molecule has 2 N–H and O–H groups in total. The number of hydrogen-bond acceptors (Lipinski definition) is 10. The lowest BCUT2D eigenvalue weighted by Crippen LogP contribution is -2.46. The number of alkyl carbamates (subject to hydrolysis) is 1. The van der Waals surface area contributed by atoms with Gasteiger partial charge in [-0.3, -0.25) is 9.59 Å². The Morgan fingerprint density at radius 2 is 1.62 bits per heavy atom. The highest BCUT2D eigenvalue weighted by Gasteiger charge is 2.31. The van der Waals surface area contributed by atoms with Crippen LogP contribution in [0.15, 0.2) is 95.4 Å². The monoisotopic (exact) mass is 780 g/mol. The van der Waals surface area contributed by atoms with Crippen LogP contribution < -0.4 is 20.1 Å². The third-order valence-corrected chi connectivity index (χ3v) is 10.3. The third kappa shape index (κ3) is 8.98. The molecule has 6 rings (SSSR count). The number of fused-ring (bicyclic) bond motifs is 4. The minimum atomic E-state index is -0.955. The van der Waals surface area contributed by atoms with Gasteiger partial charge in [0.1, 0.15) is 31.7 Å². The number of nitrogens with zero attached hydrogens (tertiary/aromatic N) is 2. The average Bonchev–Trinajstić information content (AvgIpc) is 3.78. The van der Waals surface area contributed by atoms with E-state index in [0.29, 0.717) is 21.4 Å². The molecular weight excluding hydrogens is 740 g/mol. The number of carbonyl (C=O) groups is 4. The van der Waals surface area contributed by atoms with Crippen molar-refractivity contribution in [1.29, 1.82) is 0 Å². The van der Waals surface area contributed by atoms with Gasteiger partial charge >= 0.3 is 12.1 Å². The van der Waals surface area contributed by atoms with Crippen LogP contribution in [0.25, 0.3) is 21.2 Å². The summed E-state index contributed by atoms with van der Waals surface area (Å²) in [5.41, 5.74) is 5.27. The Balaban J connectivity index is 0.943.